The van der Waals surface area contributed by atoms with Gasteiger partial charge in [-0.25, -0.2) is 24.6 Å². The van der Waals surface area contributed by atoms with E-state index in [9.17, 15) is 9.90 Å². The molecule has 1 aliphatic rings. The van der Waals surface area contributed by atoms with Gasteiger partial charge in [-0.1, -0.05) is 12.0 Å². The molecule has 8 rings (SSSR count). The minimum Gasteiger partial charge on any atom is -0.504 e. The van der Waals surface area contributed by atoms with Gasteiger partial charge in [-0.3, -0.25) is 9.47 Å². The molecule has 232 valence electrons. The highest BCUT2D eigenvalue weighted by atomic mass is 16.5. The Labute approximate surface area is 267 Å². The van der Waals surface area contributed by atoms with Crippen LogP contribution in [-0.2, 0) is 20.0 Å². The lowest BCUT2D eigenvalue weighted by Crippen LogP contribution is -2.31. The predicted molar refractivity (Wildman–Crippen MR) is 175 cm³/mol. The van der Waals surface area contributed by atoms with Crippen LogP contribution in [0.4, 0.5) is 5.82 Å². The van der Waals surface area contributed by atoms with Crippen LogP contribution in [0.15, 0.2) is 78.5 Å². The molecule has 0 spiro atoms. The van der Waals surface area contributed by atoms with E-state index in [1.165, 1.54) is 11.0 Å². The summed E-state index contributed by atoms with van der Waals surface area (Å²) >= 11 is 0. The number of fused-ring (bicyclic) bond motifs is 3. The molecule has 0 atom stereocenters. The maximum Gasteiger partial charge on any atom is 0.282 e. The Morgan fingerprint density at radius 2 is 1.89 bits per heavy atom. The number of phenols is 1. The zero-order valence-electron chi connectivity index (χ0n) is 25.7. The number of anilines is 1. The standard InChI is InChI=1S/C34H28N10O3/c1-34(2)15-23-22(11-12-25(45)30(23)47-34)29-28-31(35)37-18-38-32(28)43(40-29)17-26-39-24-8-6-7-20(9-10-21-16-36-19-41(21)3)27(24)33(46)44(26)42-13-4-5-14-42/h4-8,11-14,16,18-19,45H,15,17H2,1-3H3,(H2,35,37,38). The van der Waals surface area contributed by atoms with Gasteiger partial charge in [0, 0.05) is 42.6 Å². The Hall–Kier alpha value is -6.42. The molecule has 0 aliphatic carbocycles. The van der Waals surface area contributed by atoms with Gasteiger partial charge in [-0.15, -0.1) is 0 Å². The fraction of sp³-hybridized carbons (Fsp3) is 0.176. The summed E-state index contributed by atoms with van der Waals surface area (Å²) in [5.74, 6) is 7.39. The van der Waals surface area contributed by atoms with Gasteiger partial charge in [-0.2, -0.15) is 9.77 Å². The van der Waals surface area contributed by atoms with Gasteiger partial charge in [-0.05, 0) is 56.2 Å². The van der Waals surface area contributed by atoms with Crippen molar-refractivity contribution in [1.29, 1.82) is 0 Å². The summed E-state index contributed by atoms with van der Waals surface area (Å²) in [6.07, 6.45) is 8.83. The van der Waals surface area contributed by atoms with Crippen LogP contribution in [0.1, 0.15) is 36.5 Å². The van der Waals surface area contributed by atoms with E-state index in [1.54, 1.807) is 52.5 Å². The smallest absolute Gasteiger partial charge is 0.282 e. The van der Waals surface area contributed by atoms with Crippen LogP contribution in [0, 0.1) is 11.8 Å². The maximum absolute atomic E-state index is 14.4. The van der Waals surface area contributed by atoms with E-state index >= 15 is 0 Å². The lowest BCUT2D eigenvalue weighted by molar-refractivity contribution is 0.134. The van der Waals surface area contributed by atoms with Crippen LogP contribution in [0.3, 0.4) is 0 Å². The summed E-state index contributed by atoms with van der Waals surface area (Å²) in [5.41, 5.74) is 9.97. The molecule has 0 amide bonds. The van der Waals surface area contributed by atoms with Crippen LogP contribution in [-0.4, -0.2) is 54.3 Å². The average molecular weight is 625 g/mol. The van der Waals surface area contributed by atoms with Crippen LogP contribution in [0.25, 0.3) is 33.2 Å². The third-order valence-electron chi connectivity index (χ3n) is 8.23. The Morgan fingerprint density at radius 3 is 2.68 bits per heavy atom. The molecule has 2 aromatic carbocycles. The Morgan fingerprint density at radius 1 is 1.06 bits per heavy atom. The second-order valence-electron chi connectivity index (χ2n) is 12.0. The van der Waals surface area contributed by atoms with Crippen molar-refractivity contribution >= 4 is 27.8 Å². The molecule has 0 fully saturated rings. The van der Waals surface area contributed by atoms with Crippen LogP contribution in [0.5, 0.6) is 11.5 Å². The van der Waals surface area contributed by atoms with Gasteiger partial charge in [0.2, 0.25) is 0 Å². The van der Waals surface area contributed by atoms with E-state index in [0.717, 1.165) is 11.1 Å². The largest absolute Gasteiger partial charge is 0.504 e. The SMILES string of the molecule is Cn1cncc1C#Cc1cccc2nc(Cn3nc(-c4ccc(O)c5c4CC(C)(C)O5)c4c(N)ncnc43)n(-n3cccc3)c(=O)c12. The summed E-state index contributed by atoms with van der Waals surface area (Å²) in [5, 5.41) is 16.5. The third kappa shape index (κ3) is 4.57. The number of nitrogen functional groups attached to an aromatic ring is 1. The molecule has 13 heteroatoms. The molecule has 3 N–H and O–H groups in total. The minimum absolute atomic E-state index is 0.0581. The quantitative estimate of drug-likeness (QED) is 0.280. The molecule has 7 aromatic rings. The molecular formula is C34H28N10O3. The van der Waals surface area contributed by atoms with Crippen molar-refractivity contribution < 1.29 is 9.84 Å². The fourth-order valence-electron chi connectivity index (χ4n) is 6.11. The van der Waals surface area contributed by atoms with Gasteiger partial charge in [0.05, 0.1) is 28.8 Å². The van der Waals surface area contributed by atoms with Crippen LogP contribution < -0.4 is 16.0 Å². The third-order valence-corrected chi connectivity index (χ3v) is 8.23. The number of nitrogens with zero attached hydrogens (tertiary/aromatic N) is 9. The van der Waals surface area contributed by atoms with E-state index in [2.05, 4.69) is 26.8 Å². The van der Waals surface area contributed by atoms with E-state index in [0.29, 0.717) is 56.9 Å². The van der Waals surface area contributed by atoms with Gasteiger partial charge in [0.15, 0.2) is 23.0 Å². The van der Waals surface area contributed by atoms with Crippen LogP contribution >= 0.6 is 0 Å². The first-order valence-electron chi connectivity index (χ1n) is 14.9. The fourth-order valence-corrected chi connectivity index (χ4v) is 6.11. The molecule has 0 unspecified atom stereocenters. The highest BCUT2D eigenvalue weighted by Crippen LogP contribution is 2.47. The summed E-state index contributed by atoms with van der Waals surface area (Å²) in [6.45, 7) is 4.00. The predicted octanol–water partition coefficient (Wildman–Crippen LogP) is 3.50. The maximum atomic E-state index is 14.4. The highest BCUT2D eigenvalue weighted by Gasteiger charge is 2.35. The lowest BCUT2D eigenvalue weighted by atomic mass is 9.95. The first kappa shape index (κ1) is 28.1. The number of imidazole rings is 1. The number of benzene rings is 2. The van der Waals surface area contributed by atoms with Crippen LogP contribution in [0.2, 0.25) is 0 Å². The van der Waals surface area contributed by atoms with Crippen molar-refractivity contribution in [2.75, 3.05) is 5.73 Å². The number of rotatable bonds is 4. The van der Waals surface area contributed by atoms with E-state index in [4.69, 9.17) is 20.6 Å². The molecule has 5 aromatic heterocycles. The molecule has 1 aliphatic heterocycles. The number of aryl methyl sites for hydroxylation is 1. The number of ether oxygens (including phenoxy) is 1. The zero-order valence-corrected chi connectivity index (χ0v) is 25.7. The number of hydrogen-bond donors (Lipinski definition) is 2. The normalized spacial score (nSPS) is 13.4. The van der Waals surface area contributed by atoms with Crippen molar-refractivity contribution in [3.8, 4) is 34.6 Å². The second-order valence-corrected chi connectivity index (χ2v) is 12.0. The van der Waals surface area contributed by atoms with E-state index < -0.39 is 5.60 Å². The molecule has 0 radical (unpaired) electrons. The van der Waals surface area contributed by atoms with Crippen molar-refractivity contribution in [3.05, 3.63) is 107 Å². The molecule has 47 heavy (non-hydrogen) atoms. The zero-order chi connectivity index (χ0) is 32.4. The molecule has 0 bridgehead atoms. The Bertz CT molecular complexity index is 2490. The van der Waals surface area contributed by atoms with Gasteiger partial charge in [0.1, 0.15) is 35.7 Å². The van der Waals surface area contributed by atoms with Gasteiger partial charge in [0.25, 0.3) is 5.56 Å². The number of aromatic hydroxyl groups is 1. The number of aromatic nitrogens is 9. The second kappa shape index (κ2) is 10.3. The first-order valence-corrected chi connectivity index (χ1v) is 14.9. The Balaban J connectivity index is 1.32. The van der Waals surface area contributed by atoms with Crippen molar-refractivity contribution in [2.24, 2.45) is 7.05 Å². The topological polar surface area (TPSA) is 157 Å². The first-order chi connectivity index (χ1) is 22.7. The lowest BCUT2D eigenvalue weighted by Gasteiger charge is -2.16. The summed E-state index contributed by atoms with van der Waals surface area (Å²) in [7, 11) is 1.86. The van der Waals surface area contributed by atoms with Crippen molar-refractivity contribution in [3.63, 3.8) is 0 Å². The Kier molecular flexibility index (Phi) is 6.16. The summed E-state index contributed by atoms with van der Waals surface area (Å²) in [4.78, 5) is 32.3. The molecular weight excluding hydrogens is 596 g/mol. The van der Waals surface area contributed by atoms with E-state index in [1.807, 2.05) is 49.7 Å². The molecule has 0 saturated heterocycles. The molecule has 13 nitrogen and oxygen atoms in total. The molecule has 0 saturated carbocycles. The molecule has 6 heterocycles. The van der Waals surface area contributed by atoms with E-state index in [-0.39, 0.29) is 23.7 Å². The minimum atomic E-state index is -0.515. The number of phenolic OH excluding ortho intramolecular Hbond substituents is 1. The average Bonchev–Trinajstić information content (AvgIpc) is 3.84. The number of nitrogens with two attached hydrogens (primary N) is 1. The highest BCUT2D eigenvalue weighted by molar-refractivity contribution is 5.99. The summed E-state index contributed by atoms with van der Waals surface area (Å²) < 4.78 is 12.7. The van der Waals surface area contributed by atoms with Crippen molar-refractivity contribution in [2.45, 2.75) is 32.4 Å². The number of hydrogen-bond acceptors (Lipinski definition) is 9. The summed E-state index contributed by atoms with van der Waals surface area (Å²) in [6, 6.07) is 12.5. The van der Waals surface area contributed by atoms with Crippen molar-refractivity contribution in [1.82, 2.24) is 43.6 Å². The monoisotopic (exact) mass is 624 g/mol. The van der Waals surface area contributed by atoms with Gasteiger partial charge >= 0.3 is 0 Å². The van der Waals surface area contributed by atoms with Gasteiger partial charge < -0.3 is 20.1 Å².